The molecule has 68 heavy (non-hydrogen) atoms. The average Bonchev–Trinajstić information content (AvgIpc) is 3.32. The minimum Gasteiger partial charge on any atom is -0.287 e. The van der Waals surface area contributed by atoms with Crippen LogP contribution in [-0.2, 0) is 13.0 Å². The molecule has 0 atom stereocenters. The highest BCUT2D eigenvalue weighted by molar-refractivity contribution is 7.80. The van der Waals surface area contributed by atoms with Crippen LogP contribution in [0.1, 0.15) is 21.6 Å². The molecule has 0 unspecified atom stereocenters. The summed E-state index contributed by atoms with van der Waals surface area (Å²) in [4.78, 5) is 17.6. The summed E-state index contributed by atoms with van der Waals surface area (Å²) in [7, 11) is 0. The molecule has 0 aliphatic heterocycles. The third kappa shape index (κ3) is 8.40. The van der Waals surface area contributed by atoms with Crippen LogP contribution < -0.4 is 26.4 Å². The summed E-state index contributed by atoms with van der Waals surface area (Å²) in [6.45, 7) is 0.308. The highest BCUT2D eigenvalue weighted by Crippen LogP contribution is 2.31. The van der Waals surface area contributed by atoms with E-state index in [1.54, 1.807) is 6.20 Å². The standard InChI is InChI=1S/C24BF20.C19H16N2OS/c26-5-1(6(27)14(35)21(42)13(5)34)25(2-7(28)15(36)22(43)16(37)8(2)29,3-9(30)17(38)23(44)18(39)10(3)31)4-11(32)19(40)24(45)20(41)12(4)33;22-18(15-6-2-1-3-7-15)14-21-11-10-20-17(13-21)12-16-8-4-5-9-19(16)23/h;1-11,13H,12,14H2/q-1;/p+1. The van der Waals surface area contributed by atoms with Crippen LogP contribution in [0.4, 0.5) is 87.8 Å². The van der Waals surface area contributed by atoms with E-state index in [-0.39, 0.29) is 5.78 Å². The molecule has 6 aromatic carbocycles. The second kappa shape index (κ2) is 19.4. The van der Waals surface area contributed by atoms with E-state index >= 15 is 35.1 Å². The Bertz CT molecular complexity index is 2800. The van der Waals surface area contributed by atoms with Crippen LogP contribution in [0.15, 0.2) is 78.1 Å². The van der Waals surface area contributed by atoms with Gasteiger partial charge in [-0.25, -0.2) is 92.8 Å². The van der Waals surface area contributed by atoms with Crippen molar-refractivity contribution >= 4 is 46.4 Å². The lowest BCUT2D eigenvalue weighted by atomic mass is 9.12. The second-order valence-electron chi connectivity index (χ2n) is 14.1. The molecule has 0 amide bonds. The molecule has 0 aliphatic carbocycles. The maximum absolute atomic E-state index is 15.4. The summed E-state index contributed by atoms with van der Waals surface area (Å²) < 4.78 is 296. The summed E-state index contributed by atoms with van der Waals surface area (Å²) in [5.74, 6) is -71.3. The predicted octanol–water partition coefficient (Wildman–Crippen LogP) is 8.98. The number of nitrogens with zero attached hydrogens (tertiary/aromatic N) is 2. The lowest BCUT2D eigenvalue weighted by Gasteiger charge is -2.44. The van der Waals surface area contributed by atoms with Gasteiger partial charge in [0, 0.05) is 16.9 Å². The molecule has 7 aromatic rings. The topological polar surface area (TPSA) is 33.8 Å². The Balaban J connectivity index is 0.000000276. The first-order chi connectivity index (χ1) is 31.9. The van der Waals surface area contributed by atoms with Gasteiger partial charge in [0.05, 0.1) is 6.20 Å². The van der Waals surface area contributed by atoms with E-state index < -0.39 is 144 Å². The smallest absolute Gasteiger partial charge is 0.227 e. The van der Waals surface area contributed by atoms with E-state index in [9.17, 15) is 57.5 Å². The molecule has 25 heteroatoms. The summed E-state index contributed by atoms with van der Waals surface area (Å²) in [5, 5.41) is 0. The van der Waals surface area contributed by atoms with Gasteiger partial charge in [0.25, 0.3) is 0 Å². The highest BCUT2D eigenvalue weighted by Gasteiger charge is 2.52. The largest absolute Gasteiger partial charge is 0.287 e. The normalized spacial score (nSPS) is 11.5. The number of halogens is 20. The van der Waals surface area contributed by atoms with E-state index in [4.69, 9.17) is 0 Å². The molecule has 0 radical (unpaired) electrons. The van der Waals surface area contributed by atoms with E-state index in [0.717, 1.165) is 21.7 Å². The summed E-state index contributed by atoms with van der Waals surface area (Å²) >= 11 is 4.47. The van der Waals surface area contributed by atoms with Gasteiger partial charge in [-0.2, -0.15) is 4.57 Å². The van der Waals surface area contributed by atoms with Crippen molar-refractivity contribution in [2.24, 2.45) is 0 Å². The first kappa shape index (κ1) is 50.5. The van der Waals surface area contributed by atoms with Gasteiger partial charge in [-0.1, -0.05) is 48.5 Å². The van der Waals surface area contributed by atoms with Gasteiger partial charge in [-0.15, -0.1) is 34.5 Å². The lowest BCUT2D eigenvalue weighted by Crippen LogP contribution is -2.81. The predicted molar refractivity (Wildman–Crippen MR) is 201 cm³/mol. The molecular formula is C43H17BF20N2OS. The van der Waals surface area contributed by atoms with Gasteiger partial charge >= 0.3 is 0 Å². The molecule has 0 saturated heterocycles. The number of thiol groups is 1. The zero-order valence-electron chi connectivity index (χ0n) is 32.7. The molecule has 1 aromatic heterocycles. The van der Waals surface area contributed by atoms with Crippen molar-refractivity contribution in [2.45, 2.75) is 17.9 Å². The van der Waals surface area contributed by atoms with Gasteiger partial charge in [-0.05, 0) is 11.6 Å². The number of rotatable bonds is 9. The molecule has 0 N–H and O–H groups in total. The first-order valence-corrected chi connectivity index (χ1v) is 18.8. The zero-order chi connectivity index (χ0) is 50.4. The Morgan fingerprint density at radius 2 is 0.750 bits per heavy atom. The van der Waals surface area contributed by atoms with Crippen molar-refractivity contribution in [3.8, 4) is 0 Å². The Morgan fingerprint density at radius 1 is 0.441 bits per heavy atom. The van der Waals surface area contributed by atoms with Gasteiger partial charge in [-0.3, -0.25) is 4.79 Å². The van der Waals surface area contributed by atoms with E-state index in [2.05, 4.69) is 17.6 Å². The van der Waals surface area contributed by atoms with Crippen LogP contribution in [-0.4, -0.2) is 16.9 Å². The molecule has 0 fully saturated rings. The van der Waals surface area contributed by atoms with Crippen molar-refractivity contribution in [3.05, 3.63) is 206 Å². The average molecular weight is 1000 g/mol. The zero-order valence-corrected chi connectivity index (χ0v) is 33.6. The van der Waals surface area contributed by atoms with Crippen molar-refractivity contribution in [2.75, 3.05) is 0 Å². The van der Waals surface area contributed by atoms with Gasteiger partial charge in [0.15, 0.2) is 82.2 Å². The summed E-state index contributed by atoms with van der Waals surface area (Å²) in [6.07, 6.45) is -1.06. The molecule has 0 bridgehead atoms. The molecule has 0 saturated carbocycles. The second-order valence-corrected chi connectivity index (χ2v) is 14.6. The molecule has 0 aliphatic rings. The molecule has 7 rings (SSSR count). The van der Waals surface area contributed by atoms with Crippen LogP contribution in [0.3, 0.4) is 0 Å². The number of aromatic nitrogens is 2. The monoisotopic (exact) mass is 1000 g/mol. The van der Waals surface area contributed by atoms with Crippen LogP contribution >= 0.6 is 12.6 Å². The number of benzene rings is 6. The molecule has 3 nitrogen and oxygen atoms in total. The molecule has 1 heterocycles. The maximum Gasteiger partial charge on any atom is 0.227 e. The molecular weight excluding hydrogens is 983 g/mol. The van der Waals surface area contributed by atoms with Crippen molar-refractivity contribution in [1.29, 1.82) is 0 Å². The minimum atomic E-state index is -7.22. The number of Topliss-reactive ketones (excluding diaryl/α,β-unsaturated/α-hetero) is 1. The maximum atomic E-state index is 15.4. The van der Waals surface area contributed by atoms with Crippen LogP contribution in [0.2, 0.25) is 0 Å². The number of hydrogen-bond acceptors (Lipinski definition) is 3. The van der Waals surface area contributed by atoms with Gasteiger partial charge in [0.2, 0.25) is 12.3 Å². The van der Waals surface area contributed by atoms with Crippen LogP contribution in [0.5, 0.6) is 0 Å². The first-order valence-electron chi connectivity index (χ1n) is 18.3. The van der Waals surface area contributed by atoms with Crippen LogP contribution in [0.25, 0.3) is 0 Å². The third-order valence-electron chi connectivity index (χ3n) is 10.3. The fourth-order valence-corrected chi connectivity index (χ4v) is 7.52. The van der Waals surface area contributed by atoms with E-state index in [0.29, 0.717) is 13.0 Å². The van der Waals surface area contributed by atoms with Crippen molar-refractivity contribution < 1.29 is 97.2 Å². The molecule has 0 spiro atoms. The number of ketones is 1. The van der Waals surface area contributed by atoms with Gasteiger partial charge in [0.1, 0.15) is 58.4 Å². The number of hydrogen-bond donors (Lipinski definition) is 1. The van der Waals surface area contributed by atoms with Crippen molar-refractivity contribution in [3.63, 3.8) is 0 Å². The Hall–Kier alpha value is -6.92. The van der Waals surface area contributed by atoms with Gasteiger partial charge < -0.3 is 0 Å². The SMILES string of the molecule is Fc1c(F)c(F)c([B-](c2c(F)c(F)c(F)c(F)c2F)(c2c(F)c(F)c(F)c(F)c2F)c2c(F)c(F)c(F)c(F)c2F)c(F)c1F.O=C(C[n+]1ccnc(Cc2ccccc2S)c1)c1ccccc1. The minimum absolute atomic E-state index is 0.0855. The molecule has 354 valence electrons. The number of carbonyl (C=O) groups excluding carboxylic acids is 1. The number of carbonyl (C=O) groups is 1. The Kier molecular flexibility index (Phi) is 14.4. The van der Waals surface area contributed by atoms with E-state index in [1.165, 1.54) is 0 Å². The Labute approximate surface area is 372 Å². The Morgan fingerprint density at radius 3 is 1.09 bits per heavy atom. The van der Waals surface area contributed by atoms with Crippen LogP contribution in [0, 0.1) is 116 Å². The fraction of sp³-hybridized carbons (Fsp3) is 0.0465. The fourth-order valence-electron chi connectivity index (χ4n) is 7.28. The third-order valence-corrected chi connectivity index (χ3v) is 10.7. The van der Waals surface area contributed by atoms with E-state index in [1.807, 2.05) is 71.6 Å². The lowest BCUT2D eigenvalue weighted by molar-refractivity contribution is -0.684. The highest BCUT2D eigenvalue weighted by atomic mass is 32.1. The summed E-state index contributed by atoms with van der Waals surface area (Å²) in [6, 6.07) is 17.3. The summed E-state index contributed by atoms with van der Waals surface area (Å²) in [5.41, 5.74) is -11.6. The quantitative estimate of drug-likeness (QED) is 0.0298. The van der Waals surface area contributed by atoms with Crippen molar-refractivity contribution in [1.82, 2.24) is 4.98 Å².